The molecule has 2 aliphatic rings. The molecule has 1 heterocycles. The van der Waals surface area contributed by atoms with Crippen molar-refractivity contribution in [2.24, 2.45) is 5.92 Å². The van der Waals surface area contributed by atoms with Crippen LogP contribution in [0.5, 0.6) is 0 Å². The van der Waals surface area contributed by atoms with E-state index in [4.69, 9.17) is 0 Å². The Hall–Kier alpha value is -2.72. The van der Waals surface area contributed by atoms with Crippen LogP contribution in [-0.4, -0.2) is 16.8 Å². The van der Waals surface area contributed by atoms with Gasteiger partial charge < -0.3 is 10.4 Å². The van der Waals surface area contributed by atoms with E-state index in [9.17, 15) is 14.7 Å². The molecule has 0 aromatic heterocycles. The van der Waals surface area contributed by atoms with Crippen molar-refractivity contribution in [2.75, 3.05) is 5.32 Å². The summed E-state index contributed by atoms with van der Waals surface area (Å²) in [5.74, 6) is -1.39. The van der Waals surface area contributed by atoms with Gasteiger partial charge in [-0.3, -0.25) is 9.59 Å². The van der Waals surface area contributed by atoms with Crippen molar-refractivity contribution in [2.45, 2.75) is 24.9 Å². The maximum Gasteiger partial charge on any atom is 0.261 e. The first-order valence-electron chi connectivity index (χ1n) is 8.54. The Kier molecular flexibility index (Phi) is 3.77. The SMILES string of the molecule is O=C1/C(=C/c2ccccc2)CCC[C@H]1[C@@]1(O)C(=O)Nc2ccccc21. The molecular weight excluding hydrogens is 314 g/mol. The largest absolute Gasteiger partial charge is 0.375 e. The number of hydrogen-bond acceptors (Lipinski definition) is 3. The van der Waals surface area contributed by atoms with Crippen molar-refractivity contribution in [1.29, 1.82) is 0 Å². The zero-order valence-electron chi connectivity index (χ0n) is 13.7. The Bertz CT molecular complexity index is 872. The van der Waals surface area contributed by atoms with Gasteiger partial charge in [-0.05, 0) is 42.5 Å². The zero-order valence-corrected chi connectivity index (χ0v) is 13.7. The molecule has 0 spiro atoms. The van der Waals surface area contributed by atoms with Gasteiger partial charge in [-0.25, -0.2) is 0 Å². The smallest absolute Gasteiger partial charge is 0.261 e. The molecule has 1 fully saturated rings. The van der Waals surface area contributed by atoms with Crippen molar-refractivity contribution in [3.8, 4) is 0 Å². The lowest BCUT2D eigenvalue weighted by Crippen LogP contribution is -2.47. The molecule has 1 saturated carbocycles. The van der Waals surface area contributed by atoms with E-state index in [-0.39, 0.29) is 5.78 Å². The number of para-hydroxylation sites is 1. The average Bonchev–Trinajstić information content (AvgIpc) is 2.89. The molecule has 2 N–H and O–H groups in total. The van der Waals surface area contributed by atoms with Gasteiger partial charge in [0.25, 0.3) is 5.91 Å². The van der Waals surface area contributed by atoms with Crippen molar-refractivity contribution in [3.63, 3.8) is 0 Å². The fourth-order valence-electron chi connectivity index (χ4n) is 3.88. The standard InChI is InChI=1S/C21H19NO3/c23-19-15(13-14-7-2-1-3-8-14)9-6-11-17(19)21(25)16-10-4-5-12-18(16)22-20(21)24/h1-5,7-8,10,12-13,17,25H,6,9,11H2,(H,22,24)/b15-13+/t17-,21-/m1/s1. The van der Waals surface area contributed by atoms with Gasteiger partial charge in [-0.15, -0.1) is 0 Å². The minimum absolute atomic E-state index is 0.135. The van der Waals surface area contributed by atoms with Crippen LogP contribution in [0.15, 0.2) is 60.2 Å². The molecule has 1 amide bonds. The van der Waals surface area contributed by atoms with E-state index in [1.807, 2.05) is 36.4 Å². The van der Waals surface area contributed by atoms with E-state index >= 15 is 0 Å². The number of fused-ring (bicyclic) bond motifs is 1. The third-order valence-corrected chi connectivity index (χ3v) is 5.15. The summed E-state index contributed by atoms with van der Waals surface area (Å²) in [5.41, 5.74) is 0.924. The Balaban J connectivity index is 1.72. The molecule has 2 aromatic rings. The third kappa shape index (κ3) is 2.50. The summed E-state index contributed by atoms with van der Waals surface area (Å²) < 4.78 is 0. The summed E-state index contributed by atoms with van der Waals surface area (Å²) in [5, 5.41) is 13.9. The van der Waals surface area contributed by atoms with Crippen LogP contribution < -0.4 is 5.32 Å². The minimum Gasteiger partial charge on any atom is -0.375 e. The molecule has 126 valence electrons. The normalized spacial score (nSPS) is 27.2. The lowest BCUT2D eigenvalue weighted by Gasteiger charge is -2.33. The van der Waals surface area contributed by atoms with E-state index in [0.717, 1.165) is 12.0 Å². The number of nitrogens with one attached hydrogen (secondary N) is 1. The Morgan fingerprint density at radius 2 is 1.76 bits per heavy atom. The number of aliphatic hydroxyl groups is 1. The third-order valence-electron chi connectivity index (χ3n) is 5.15. The number of anilines is 1. The average molecular weight is 333 g/mol. The minimum atomic E-state index is -1.79. The van der Waals surface area contributed by atoms with Gasteiger partial charge in [0, 0.05) is 11.3 Å². The molecular formula is C21H19NO3. The maximum atomic E-state index is 13.1. The Labute approximate surface area is 146 Å². The molecule has 0 unspecified atom stereocenters. The summed E-state index contributed by atoms with van der Waals surface area (Å²) in [7, 11) is 0. The van der Waals surface area contributed by atoms with E-state index in [2.05, 4.69) is 5.32 Å². The van der Waals surface area contributed by atoms with Crippen molar-refractivity contribution in [1.82, 2.24) is 0 Å². The highest BCUT2D eigenvalue weighted by molar-refractivity contribution is 6.11. The molecule has 4 nitrogen and oxygen atoms in total. The summed E-state index contributed by atoms with van der Waals surface area (Å²) in [6.07, 6.45) is 3.82. The highest BCUT2D eigenvalue weighted by Gasteiger charge is 2.54. The van der Waals surface area contributed by atoms with Crippen LogP contribution in [-0.2, 0) is 15.2 Å². The van der Waals surface area contributed by atoms with Gasteiger partial charge >= 0.3 is 0 Å². The van der Waals surface area contributed by atoms with Gasteiger partial charge in [-0.2, -0.15) is 0 Å². The molecule has 1 aliphatic heterocycles. The number of hydrogen-bond donors (Lipinski definition) is 2. The van der Waals surface area contributed by atoms with E-state index in [1.165, 1.54) is 0 Å². The van der Waals surface area contributed by atoms with Crippen LogP contribution in [0.2, 0.25) is 0 Å². The number of ketones is 1. The van der Waals surface area contributed by atoms with Gasteiger partial charge in [0.1, 0.15) is 0 Å². The van der Waals surface area contributed by atoms with Crippen LogP contribution in [0.4, 0.5) is 5.69 Å². The fraction of sp³-hybridized carbons (Fsp3) is 0.238. The van der Waals surface area contributed by atoms with Crippen LogP contribution in [0.3, 0.4) is 0 Å². The highest BCUT2D eigenvalue weighted by atomic mass is 16.3. The fourth-order valence-corrected chi connectivity index (χ4v) is 3.88. The first-order chi connectivity index (χ1) is 12.1. The van der Waals surface area contributed by atoms with E-state index in [0.29, 0.717) is 29.7 Å². The predicted molar refractivity (Wildman–Crippen MR) is 95.7 cm³/mol. The topological polar surface area (TPSA) is 66.4 Å². The van der Waals surface area contributed by atoms with Gasteiger partial charge in [-0.1, -0.05) is 48.5 Å². The Morgan fingerprint density at radius 3 is 2.56 bits per heavy atom. The van der Waals surface area contributed by atoms with Crippen LogP contribution in [0.25, 0.3) is 6.08 Å². The van der Waals surface area contributed by atoms with Crippen molar-refractivity contribution in [3.05, 3.63) is 71.3 Å². The molecule has 0 bridgehead atoms. The number of Topliss-reactive ketones (excluding diaryl/α,β-unsaturated/α-hetero) is 1. The number of benzene rings is 2. The van der Waals surface area contributed by atoms with Crippen LogP contribution >= 0.6 is 0 Å². The molecule has 1 aliphatic carbocycles. The molecule has 2 aromatic carbocycles. The lowest BCUT2D eigenvalue weighted by molar-refractivity contribution is -0.148. The van der Waals surface area contributed by atoms with E-state index in [1.54, 1.807) is 24.3 Å². The maximum absolute atomic E-state index is 13.1. The zero-order chi connectivity index (χ0) is 17.4. The predicted octanol–water partition coefficient (Wildman–Crippen LogP) is 3.28. The number of carbonyl (C=O) groups excluding carboxylic acids is 2. The molecule has 4 heteroatoms. The monoisotopic (exact) mass is 333 g/mol. The second kappa shape index (κ2) is 5.97. The summed E-state index contributed by atoms with van der Waals surface area (Å²) in [6, 6.07) is 16.7. The Morgan fingerprint density at radius 1 is 1.04 bits per heavy atom. The van der Waals surface area contributed by atoms with E-state index < -0.39 is 17.4 Å². The number of amides is 1. The number of allylic oxidation sites excluding steroid dienone is 1. The first kappa shape index (κ1) is 15.8. The van der Waals surface area contributed by atoms with Gasteiger partial charge in [0.05, 0.1) is 5.92 Å². The van der Waals surface area contributed by atoms with Gasteiger partial charge in [0.2, 0.25) is 0 Å². The van der Waals surface area contributed by atoms with Gasteiger partial charge in [0.15, 0.2) is 11.4 Å². The first-order valence-corrected chi connectivity index (χ1v) is 8.54. The van der Waals surface area contributed by atoms with Crippen molar-refractivity contribution < 1.29 is 14.7 Å². The molecule has 0 saturated heterocycles. The summed E-state index contributed by atoms with van der Waals surface area (Å²) in [6.45, 7) is 0. The van der Waals surface area contributed by atoms with Crippen LogP contribution in [0, 0.1) is 5.92 Å². The quantitative estimate of drug-likeness (QED) is 0.829. The summed E-state index contributed by atoms with van der Waals surface area (Å²) >= 11 is 0. The number of carbonyl (C=O) groups is 2. The summed E-state index contributed by atoms with van der Waals surface area (Å²) in [4.78, 5) is 25.6. The second-order valence-electron chi connectivity index (χ2n) is 6.66. The van der Waals surface area contributed by atoms with Crippen LogP contribution in [0.1, 0.15) is 30.4 Å². The molecule has 2 atom stereocenters. The number of rotatable bonds is 2. The van der Waals surface area contributed by atoms with Crippen molar-refractivity contribution >= 4 is 23.5 Å². The highest BCUT2D eigenvalue weighted by Crippen LogP contribution is 2.46. The lowest BCUT2D eigenvalue weighted by atomic mass is 9.71. The molecule has 25 heavy (non-hydrogen) atoms. The second-order valence-corrected chi connectivity index (χ2v) is 6.66. The molecule has 4 rings (SSSR count). The molecule has 0 radical (unpaired) electrons.